The Labute approximate surface area is 111 Å². The van der Waals surface area contributed by atoms with Gasteiger partial charge < -0.3 is 10.5 Å². The summed E-state index contributed by atoms with van der Waals surface area (Å²) in [5.41, 5.74) is 5.30. The van der Waals surface area contributed by atoms with Crippen molar-refractivity contribution in [3.05, 3.63) is 0 Å². The van der Waals surface area contributed by atoms with Gasteiger partial charge in [0.1, 0.15) is 0 Å². The van der Waals surface area contributed by atoms with Crippen molar-refractivity contribution in [3.8, 4) is 0 Å². The molecule has 0 aliphatic heterocycles. The SMILES string of the molecule is COCCN(CCCN)S(=O)(=O)CCCC(F)(F)F. The maximum atomic E-state index is 12.0. The smallest absolute Gasteiger partial charge is 0.383 e. The second kappa shape index (κ2) is 8.72. The molecule has 0 aliphatic carbocycles. The normalized spacial score (nSPS) is 13.2. The third-order valence-electron chi connectivity index (χ3n) is 2.41. The van der Waals surface area contributed by atoms with Gasteiger partial charge in [-0.15, -0.1) is 0 Å². The molecule has 0 aromatic carbocycles. The number of alkyl halides is 3. The highest BCUT2D eigenvalue weighted by molar-refractivity contribution is 7.89. The van der Waals surface area contributed by atoms with Crippen molar-refractivity contribution in [1.82, 2.24) is 4.31 Å². The lowest BCUT2D eigenvalue weighted by atomic mass is 10.3. The van der Waals surface area contributed by atoms with Crippen LogP contribution in [0.15, 0.2) is 0 Å². The van der Waals surface area contributed by atoms with Crippen LogP contribution < -0.4 is 5.73 Å². The van der Waals surface area contributed by atoms with Crippen molar-refractivity contribution >= 4 is 10.0 Å². The van der Waals surface area contributed by atoms with E-state index in [-0.39, 0.29) is 19.7 Å². The van der Waals surface area contributed by atoms with Gasteiger partial charge in [-0.3, -0.25) is 0 Å². The van der Waals surface area contributed by atoms with E-state index in [2.05, 4.69) is 0 Å². The van der Waals surface area contributed by atoms with Crippen LogP contribution in [-0.2, 0) is 14.8 Å². The van der Waals surface area contributed by atoms with E-state index in [0.29, 0.717) is 13.0 Å². The monoisotopic (exact) mass is 306 g/mol. The van der Waals surface area contributed by atoms with Crippen LogP contribution in [0.3, 0.4) is 0 Å². The van der Waals surface area contributed by atoms with Gasteiger partial charge in [0.25, 0.3) is 0 Å². The second-order valence-corrected chi connectivity index (χ2v) is 6.16. The minimum atomic E-state index is -4.33. The van der Waals surface area contributed by atoms with Crippen molar-refractivity contribution in [2.45, 2.75) is 25.4 Å². The van der Waals surface area contributed by atoms with Crippen molar-refractivity contribution in [1.29, 1.82) is 0 Å². The predicted octanol–water partition coefficient (Wildman–Crippen LogP) is 0.956. The minimum Gasteiger partial charge on any atom is -0.383 e. The summed E-state index contributed by atoms with van der Waals surface area (Å²) >= 11 is 0. The first-order chi connectivity index (χ1) is 8.73. The van der Waals surface area contributed by atoms with Gasteiger partial charge in [0, 0.05) is 26.6 Å². The van der Waals surface area contributed by atoms with E-state index >= 15 is 0 Å². The Morgan fingerprint density at radius 2 is 1.84 bits per heavy atom. The molecule has 0 radical (unpaired) electrons. The number of sulfonamides is 1. The molecule has 0 heterocycles. The highest BCUT2D eigenvalue weighted by atomic mass is 32.2. The Kier molecular flexibility index (Phi) is 8.55. The Bertz CT molecular complexity index is 325. The number of ether oxygens (including phenoxy) is 1. The third kappa shape index (κ3) is 9.20. The number of nitrogens with zero attached hydrogens (tertiary/aromatic N) is 1. The van der Waals surface area contributed by atoms with E-state index in [1.54, 1.807) is 0 Å². The highest BCUT2D eigenvalue weighted by Gasteiger charge is 2.29. The third-order valence-corrected chi connectivity index (χ3v) is 4.37. The van der Waals surface area contributed by atoms with E-state index in [4.69, 9.17) is 10.5 Å². The van der Waals surface area contributed by atoms with Gasteiger partial charge in [-0.1, -0.05) is 0 Å². The fraction of sp³-hybridized carbons (Fsp3) is 1.00. The van der Waals surface area contributed by atoms with Crippen LogP contribution in [0.1, 0.15) is 19.3 Å². The van der Waals surface area contributed by atoms with Crippen LogP contribution in [0.5, 0.6) is 0 Å². The number of rotatable bonds is 10. The fourth-order valence-corrected chi connectivity index (χ4v) is 2.96. The van der Waals surface area contributed by atoms with Crippen molar-refractivity contribution < 1.29 is 26.3 Å². The van der Waals surface area contributed by atoms with E-state index in [1.165, 1.54) is 7.11 Å². The number of nitrogens with two attached hydrogens (primary N) is 1. The lowest BCUT2D eigenvalue weighted by molar-refractivity contribution is -0.134. The van der Waals surface area contributed by atoms with Gasteiger partial charge in [-0.25, -0.2) is 8.42 Å². The summed E-state index contributed by atoms with van der Waals surface area (Å²) in [5, 5.41) is 0. The molecule has 0 unspecified atom stereocenters. The largest absolute Gasteiger partial charge is 0.389 e. The van der Waals surface area contributed by atoms with Gasteiger partial charge in [-0.2, -0.15) is 17.5 Å². The quantitative estimate of drug-likeness (QED) is 0.652. The summed E-state index contributed by atoms with van der Waals surface area (Å²) in [6.45, 7) is 0.851. The first-order valence-electron chi connectivity index (χ1n) is 5.96. The van der Waals surface area contributed by atoms with Gasteiger partial charge in [0.05, 0.1) is 12.4 Å². The molecule has 116 valence electrons. The zero-order valence-electron chi connectivity index (χ0n) is 10.9. The fourth-order valence-electron chi connectivity index (χ4n) is 1.43. The first-order valence-corrected chi connectivity index (χ1v) is 7.57. The van der Waals surface area contributed by atoms with Crippen LogP contribution in [0.2, 0.25) is 0 Å². The Balaban J connectivity index is 4.41. The molecule has 0 saturated carbocycles. The Morgan fingerprint density at radius 1 is 1.21 bits per heavy atom. The van der Waals surface area contributed by atoms with E-state index in [9.17, 15) is 21.6 Å². The molecule has 5 nitrogen and oxygen atoms in total. The zero-order chi connectivity index (χ0) is 14.9. The van der Waals surface area contributed by atoms with Crippen LogP contribution in [0, 0.1) is 0 Å². The Morgan fingerprint density at radius 3 is 2.32 bits per heavy atom. The highest BCUT2D eigenvalue weighted by Crippen LogP contribution is 2.22. The maximum Gasteiger partial charge on any atom is 0.389 e. The number of hydrogen-bond acceptors (Lipinski definition) is 4. The molecule has 0 spiro atoms. The van der Waals surface area contributed by atoms with Gasteiger partial charge in [-0.05, 0) is 19.4 Å². The molecule has 0 amide bonds. The summed E-state index contributed by atoms with van der Waals surface area (Å²) in [7, 11) is -2.26. The van der Waals surface area contributed by atoms with Crippen LogP contribution >= 0.6 is 0 Å². The van der Waals surface area contributed by atoms with Crippen LogP contribution in [-0.4, -0.2) is 58.0 Å². The molecule has 0 rings (SSSR count). The second-order valence-electron chi connectivity index (χ2n) is 4.07. The van der Waals surface area contributed by atoms with Crippen LogP contribution in [0.4, 0.5) is 13.2 Å². The number of halogens is 3. The molecular formula is C10H21F3N2O3S. The summed E-state index contributed by atoms with van der Waals surface area (Å²) < 4.78 is 65.7. The summed E-state index contributed by atoms with van der Waals surface area (Å²) in [5.74, 6) is -0.513. The standard InChI is InChI=1S/C10H21F3N2O3S/c1-18-8-7-15(6-3-5-14)19(16,17)9-2-4-10(11,12)13/h2-9,14H2,1H3. The number of methoxy groups -OCH3 is 1. The van der Waals surface area contributed by atoms with Gasteiger partial charge >= 0.3 is 6.18 Å². The zero-order valence-corrected chi connectivity index (χ0v) is 11.8. The summed E-state index contributed by atoms with van der Waals surface area (Å²) in [6, 6.07) is 0. The molecule has 0 aromatic heterocycles. The lowest BCUT2D eigenvalue weighted by Crippen LogP contribution is -2.37. The molecule has 0 saturated heterocycles. The van der Waals surface area contributed by atoms with Crippen molar-refractivity contribution in [2.75, 3.05) is 39.1 Å². The molecule has 9 heteroatoms. The maximum absolute atomic E-state index is 12.0. The molecular weight excluding hydrogens is 285 g/mol. The van der Waals surface area contributed by atoms with E-state index in [0.717, 1.165) is 4.31 Å². The molecule has 0 aliphatic rings. The van der Waals surface area contributed by atoms with Gasteiger partial charge in [0.15, 0.2) is 0 Å². The molecule has 2 N–H and O–H groups in total. The average molecular weight is 306 g/mol. The minimum absolute atomic E-state index is 0.130. The van der Waals surface area contributed by atoms with Gasteiger partial charge in [0.2, 0.25) is 10.0 Å². The molecule has 19 heavy (non-hydrogen) atoms. The molecule has 0 bridgehead atoms. The van der Waals surface area contributed by atoms with Crippen molar-refractivity contribution in [3.63, 3.8) is 0 Å². The first kappa shape index (κ1) is 18.6. The molecule has 0 fully saturated rings. The lowest BCUT2D eigenvalue weighted by Gasteiger charge is -2.21. The topological polar surface area (TPSA) is 72.6 Å². The van der Waals surface area contributed by atoms with Crippen LogP contribution in [0.25, 0.3) is 0 Å². The Hall–Kier alpha value is -0.380. The van der Waals surface area contributed by atoms with E-state index < -0.39 is 34.8 Å². The van der Waals surface area contributed by atoms with E-state index in [1.807, 2.05) is 0 Å². The number of hydrogen-bond donors (Lipinski definition) is 1. The molecule has 0 aromatic rings. The summed E-state index contributed by atoms with van der Waals surface area (Å²) in [6.07, 6.45) is -5.40. The molecule has 0 atom stereocenters. The predicted molar refractivity (Wildman–Crippen MR) is 66.2 cm³/mol. The average Bonchev–Trinajstić information content (AvgIpc) is 2.26. The van der Waals surface area contributed by atoms with Crippen molar-refractivity contribution in [2.24, 2.45) is 5.73 Å². The summed E-state index contributed by atoms with van der Waals surface area (Å²) in [4.78, 5) is 0.